The molecule has 0 amide bonds. The van der Waals surface area contributed by atoms with Crippen molar-refractivity contribution in [2.75, 3.05) is 7.05 Å². The number of hydrogen-bond donors (Lipinski definition) is 1. The van der Waals surface area contributed by atoms with Gasteiger partial charge in [-0.2, -0.15) is 0 Å². The third kappa shape index (κ3) is 2.61. The van der Waals surface area contributed by atoms with E-state index in [0.717, 1.165) is 0 Å². The number of hydrogen-bond acceptors (Lipinski definition) is 2. The van der Waals surface area contributed by atoms with Crippen LogP contribution < -0.4 is 0 Å². The summed E-state index contributed by atoms with van der Waals surface area (Å²) in [5.41, 5.74) is 0. The Labute approximate surface area is 54.6 Å². The maximum Gasteiger partial charge on any atom is 0.254 e. The van der Waals surface area contributed by atoms with Crippen molar-refractivity contribution in [1.29, 1.82) is 0 Å². The molecule has 0 aromatic carbocycles. The summed E-state index contributed by atoms with van der Waals surface area (Å²) in [5, 5.41) is 0. The minimum atomic E-state index is -1.87. The molecule has 0 saturated carbocycles. The molecule has 4 heteroatoms. The van der Waals surface area contributed by atoms with Crippen LogP contribution in [-0.2, 0) is 0 Å². The molecule has 0 aliphatic rings. The summed E-state index contributed by atoms with van der Waals surface area (Å²) in [5.74, 6) is 0. The Kier molecular flexibility index (Phi) is 2.89. The van der Waals surface area contributed by atoms with Gasteiger partial charge in [-0.1, -0.05) is 6.55 Å². The molecule has 0 aliphatic carbocycles. The third-order valence-corrected chi connectivity index (χ3v) is 7.50. The van der Waals surface area contributed by atoms with Gasteiger partial charge in [-0.25, -0.2) is 0 Å². The summed E-state index contributed by atoms with van der Waals surface area (Å²) in [4.78, 5) is 9.39. The zero-order valence-electron chi connectivity index (χ0n) is 6.10. The Morgan fingerprint density at radius 2 is 1.88 bits per heavy atom. The molecular formula is C4H15NOSi2. The second-order valence-electron chi connectivity index (χ2n) is 2.51. The van der Waals surface area contributed by atoms with Crippen molar-refractivity contribution in [3.8, 4) is 0 Å². The van der Waals surface area contributed by atoms with Crippen LogP contribution in [0.3, 0.4) is 0 Å². The maximum atomic E-state index is 9.39. The monoisotopic (exact) mass is 149 g/mol. The first-order chi connectivity index (χ1) is 3.48. The van der Waals surface area contributed by atoms with Crippen LogP contribution in [0.25, 0.3) is 0 Å². The minimum absolute atomic E-state index is 0.121. The van der Waals surface area contributed by atoms with Gasteiger partial charge in [-0.05, 0) is 20.1 Å². The molecule has 0 fully saturated rings. The first-order valence-corrected chi connectivity index (χ1v) is 7.86. The van der Waals surface area contributed by atoms with Crippen molar-refractivity contribution in [1.82, 2.24) is 4.23 Å². The van der Waals surface area contributed by atoms with E-state index in [-0.39, 0.29) is 9.68 Å². The van der Waals surface area contributed by atoms with Crippen molar-refractivity contribution in [2.24, 2.45) is 0 Å². The van der Waals surface area contributed by atoms with E-state index in [4.69, 9.17) is 0 Å². The summed E-state index contributed by atoms with van der Waals surface area (Å²) in [6.07, 6.45) is 0. The van der Waals surface area contributed by atoms with Gasteiger partial charge in [0.1, 0.15) is 0 Å². The van der Waals surface area contributed by atoms with E-state index >= 15 is 0 Å². The molecule has 0 aromatic heterocycles. The Hall–Kier alpha value is 0.354. The first kappa shape index (κ1) is 8.35. The fourth-order valence-corrected chi connectivity index (χ4v) is 3.48. The molecule has 0 aliphatic heterocycles. The molecule has 0 spiro atoms. The lowest BCUT2D eigenvalue weighted by Gasteiger charge is -2.25. The molecule has 0 bridgehead atoms. The molecular weight excluding hydrogens is 134 g/mol. The van der Waals surface area contributed by atoms with Gasteiger partial charge in [0, 0.05) is 0 Å². The lowest BCUT2D eigenvalue weighted by molar-refractivity contribution is 0.486. The van der Waals surface area contributed by atoms with Crippen LogP contribution in [0.1, 0.15) is 0 Å². The number of nitrogens with zero attached hydrogens (tertiary/aromatic N) is 1. The van der Waals surface area contributed by atoms with Gasteiger partial charge >= 0.3 is 0 Å². The van der Waals surface area contributed by atoms with Crippen LogP contribution in [-0.4, -0.2) is 34.2 Å². The Bertz CT molecular complexity index is 70.9. The Morgan fingerprint density at radius 1 is 1.50 bits per heavy atom. The summed E-state index contributed by atoms with van der Waals surface area (Å²) in [7, 11) is 0.0260. The molecule has 1 N–H and O–H groups in total. The van der Waals surface area contributed by atoms with Crippen LogP contribution in [0.5, 0.6) is 0 Å². The average Bonchev–Trinajstić information content (AvgIpc) is 1.62. The zero-order chi connectivity index (χ0) is 6.78. The van der Waals surface area contributed by atoms with E-state index in [1.165, 1.54) is 0 Å². The van der Waals surface area contributed by atoms with E-state index in [1.807, 2.05) is 20.1 Å². The van der Waals surface area contributed by atoms with E-state index < -0.39 is 8.48 Å². The second kappa shape index (κ2) is 2.77. The topological polar surface area (TPSA) is 23.5 Å². The largest absolute Gasteiger partial charge is 0.420 e. The van der Waals surface area contributed by atoms with Gasteiger partial charge in [-0.15, -0.1) is 0 Å². The van der Waals surface area contributed by atoms with E-state index in [2.05, 4.69) is 10.8 Å². The molecule has 50 valence electrons. The smallest absolute Gasteiger partial charge is 0.254 e. The van der Waals surface area contributed by atoms with Gasteiger partial charge in [0.2, 0.25) is 0 Å². The summed E-state index contributed by atoms with van der Waals surface area (Å²) >= 11 is 0. The zero-order valence-corrected chi connectivity index (χ0v) is 8.52. The van der Waals surface area contributed by atoms with Crippen molar-refractivity contribution >= 4 is 18.2 Å². The van der Waals surface area contributed by atoms with Crippen LogP contribution in [0, 0.1) is 0 Å². The van der Waals surface area contributed by atoms with Crippen molar-refractivity contribution < 1.29 is 4.80 Å². The predicted octanol–water partition coefficient (Wildman–Crippen LogP) is -0.256. The average molecular weight is 149 g/mol. The lowest BCUT2D eigenvalue weighted by atomic mass is 11.6. The van der Waals surface area contributed by atoms with Crippen LogP contribution in [0.4, 0.5) is 0 Å². The molecule has 0 aromatic rings. The quantitative estimate of drug-likeness (QED) is 0.547. The molecule has 0 atom stereocenters. The molecule has 0 unspecified atom stereocenters. The van der Waals surface area contributed by atoms with E-state index in [1.54, 1.807) is 0 Å². The summed E-state index contributed by atoms with van der Waals surface area (Å²) < 4.78 is 2.15. The minimum Gasteiger partial charge on any atom is -0.420 e. The SMILES string of the molecule is C[SiH2]N(C)[Si](C)(C)O. The van der Waals surface area contributed by atoms with Crippen LogP contribution in [0.15, 0.2) is 0 Å². The van der Waals surface area contributed by atoms with Gasteiger partial charge < -0.3 is 9.03 Å². The fourth-order valence-electron chi connectivity index (χ4n) is 0.387. The van der Waals surface area contributed by atoms with Gasteiger partial charge in [-0.3, -0.25) is 0 Å². The molecule has 0 rings (SSSR count). The molecule has 0 radical (unpaired) electrons. The predicted molar refractivity (Wildman–Crippen MR) is 41.9 cm³/mol. The Balaban J connectivity index is 3.62. The van der Waals surface area contributed by atoms with Crippen molar-refractivity contribution in [3.63, 3.8) is 0 Å². The maximum absolute atomic E-state index is 9.39. The molecule has 0 saturated heterocycles. The summed E-state index contributed by atoms with van der Waals surface area (Å²) in [6, 6.07) is 0. The first-order valence-electron chi connectivity index (χ1n) is 2.92. The molecule has 0 heterocycles. The normalized spacial score (nSPS) is 14.2. The van der Waals surface area contributed by atoms with Crippen molar-refractivity contribution in [2.45, 2.75) is 19.6 Å². The molecule has 8 heavy (non-hydrogen) atoms. The molecule has 2 nitrogen and oxygen atoms in total. The fraction of sp³-hybridized carbons (Fsp3) is 1.00. The van der Waals surface area contributed by atoms with E-state index in [0.29, 0.717) is 0 Å². The Morgan fingerprint density at radius 3 is 1.88 bits per heavy atom. The summed E-state index contributed by atoms with van der Waals surface area (Å²) in [6.45, 7) is 6.08. The highest BCUT2D eigenvalue weighted by Gasteiger charge is 2.21. The van der Waals surface area contributed by atoms with Crippen LogP contribution >= 0.6 is 0 Å². The third-order valence-electron chi connectivity index (χ3n) is 1.41. The number of rotatable bonds is 2. The van der Waals surface area contributed by atoms with Gasteiger partial charge in [0.05, 0.1) is 9.68 Å². The highest BCUT2D eigenvalue weighted by Crippen LogP contribution is 1.98. The van der Waals surface area contributed by atoms with Gasteiger partial charge in [0.15, 0.2) is 0 Å². The van der Waals surface area contributed by atoms with Crippen LogP contribution in [0.2, 0.25) is 19.6 Å². The highest BCUT2D eigenvalue weighted by atomic mass is 28.4. The standard InChI is InChI=1S/C4H15NOSi2/c1-5(7-2)8(3,4)6/h6H,7H2,1-4H3. The highest BCUT2D eigenvalue weighted by molar-refractivity contribution is 6.73. The second-order valence-corrected chi connectivity index (χ2v) is 8.47. The van der Waals surface area contributed by atoms with E-state index in [9.17, 15) is 4.80 Å². The van der Waals surface area contributed by atoms with Gasteiger partial charge in [0.25, 0.3) is 8.48 Å². The lowest BCUT2D eigenvalue weighted by Crippen LogP contribution is -2.47. The van der Waals surface area contributed by atoms with Crippen molar-refractivity contribution in [3.05, 3.63) is 0 Å².